The number of carbonyl (C=O) groups excluding carboxylic acids is 1. The first-order valence-corrected chi connectivity index (χ1v) is 7.49. The van der Waals surface area contributed by atoms with E-state index in [9.17, 15) is 13.6 Å². The molecule has 1 heterocycles. The molecule has 2 aromatic rings. The number of ether oxygens (including phenoxy) is 1. The van der Waals surface area contributed by atoms with E-state index in [1.165, 1.54) is 24.3 Å². The van der Waals surface area contributed by atoms with Crippen molar-refractivity contribution in [3.8, 4) is 0 Å². The summed E-state index contributed by atoms with van der Waals surface area (Å²) in [7, 11) is 0. The van der Waals surface area contributed by atoms with Gasteiger partial charge >= 0.3 is 0 Å². The summed E-state index contributed by atoms with van der Waals surface area (Å²) < 4.78 is 32.7. The van der Waals surface area contributed by atoms with Crippen molar-refractivity contribution in [1.29, 1.82) is 0 Å². The first-order valence-electron chi connectivity index (χ1n) is 7.49. The van der Waals surface area contributed by atoms with Crippen molar-refractivity contribution in [3.63, 3.8) is 0 Å². The summed E-state index contributed by atoms with van der Waals surface area (Å²) in [5, 5.41) is 0. The highest BCUT2D eigenvalue weighted by atomic mass is 19.1. The van der Waals surface area contributed by atoms with Crippen LogP contribution >= 0.6 is 0 Å². The van der Waals surface area contributed by atoms with E-state index < -0.39 is 5.82 Å². The molecule has 1 aliphatic heterocycles. The largest absolute Gasteiger partial charge is 0.367 e. The SMILES string of the molecule is CC1CN(C(=O)c2ccccc2F)CC(c2ccc(F)cc2)O1. The highest BCUT2D eigenvalue weighted by molar-refractivity contribution is 5.94. The van der Waals surface area contributed by atoms with Crippen molar-refractivity contribution in [1.82, 2.24) is 4.90 Å². The van der Waals surface area contributed by atoms with Gasteiger partial charge in [-0.15, -0.1) is 0 Å². The summed E-state index contributed by atoms with van der Waals surface area (Å²) in [6, 6.07) is 11.9. The van der Waals surface area contributed by atoms with Gasteiger partial charge in [0.2, 0.25) is 0 Å². The lowest BCUT2D eigenvalue weighted by atomic mass is 10.1. The number of hydrogen-bond donors (Lipinski definition) is 0. The molecular formula is C18H17F2NO2. The summed E-state index contributed by atoms with van der Waals surface area (Å²) in [5.74, 6) is -1.21. The lowest BCUT2D eigenvalue weighted by Crippen LogP contribution is -2.46. The zero-order chi connectivity index (χ0) is 16.4. The van der Waals surface area contributed by atoms with Gasteiger partial charge in [-0.25, -0.2) is 8.78 Å². The van der Waals surface area contributed by atoms with Crippen LogP contribution < -0.4 is 0 Å². The summed E-state index contributed by atoms with van der Waals surface area (Å²) in [6.07, 6.45) is -0.537. The van der Waals surface area contributed by atoms with E-state index in [-0.39, 0.29) is 29.5 Å². The molecule has 23 heavy (non-hydrogen) atoms. The summed E-state index contributed by atoms with van der Waals surface area (Å²) in [6.45, 7) is 2.56. The standard InChI is InChI=1S/C18H17F2NO2/c1-12-10-21(18(22)15-4-2-3-5-16(15)20)11-17(23-12)13-6-8-14(19)9-7-13/h2-9,12,17H,10-11H2,1H3. The Labute approximate surface area is 133 Å². The molecule has 1 saturated heterocycles. The lowest BCUT2D eigenvalue weighted by Gasteiger charge is -2.37. The summed E-state index contributed by atoms with van der Waals surface area (Å²) in [5.41, 5.74) is 0.851. The van der Waals surface area contributed by atoms with Crippen molar-refractivity contribution < 1.29 is 18.3 Å². The number of amides is 1. The van der Waals surface area contributed by atoms with Gasteiger partial charge in [0.25, 0.3) is 5.91 Å². The summed E-state index contributed by atoms with van der Waals surface area (Å²) >= 11 is 0. The zero-order valence-corrected chi connectivity index (χ0v) is 12.7. The molecule has 5 heteroatoms. The minimum atomic E-state index is -0.532. The van der Waals surface area contributed by atoms with E-state index in [2.05, 4.69) is 0 Å². The molecule has 1 amide bonds. The lowest BCUT2D eigenvalue weighted by molar-refractivity contribution is -0.0692. The first kappa shape index (κ1) is 15.6. The van der Waals surface area contributed by atoms with E-state index >= 15 is 0 Å². The van der Waals surface area contributed by atoms with Crippen LogP contribution in [0.4, 0.5) is 8.78 Å². The maximum atomic E-state index is 13.8. The number of rotatable bonds is 2. The van der Waals surface area contributed by atoms with Crippen molar-refractivity contribution in [3.05, 3.63) is 71.3 Å². The molecule has 0 bridgehead atoms. The third kappa shape index (κ3) is 3.40. The van der Waals surface area contributed by atoms with Crippen LogP contribution in [0.3, 0.4) is 0 Å². The molecule has 3 nitrogen and oxygen atoms in total. The second-order valence-electron chi connectivity index (χ2n) is 5.68. The van der Waals surface area contributed by atoms with Gasteiger partial charge in [0, 0.05) is 6.54 Å². The molecule has 2 aromatic carbocycles. The number of hydrogen-bond acceptors (Lipinski definition) is 2. The Balaban J connectivity index is 1.82. The number of nitrogens with zero attached hydrogens (tertiary/aromatic N) is 1. The molecular weight excluding hydrogens is 300 g/mol. The Hall–Kier alpha value is -2.27. The molecule has 0 spiro atoms. The predicted molar refractivity (Wildman–Crippen MR) is 82.0 cm³/mol. The molecule has 0 N–H and O–H groups in total. The Morgan fingerprint density at radius 1 is 1.09 bits per heavy atom. The third-order valence-corrected chi connectivity index (χ3v) is 3.89. The van der Waals surface area contributed by atoms with Crippen LogP contribution in [-0.2, 0) is 4.74 Å². The van der Waals surface area contributed by atoms with Crippen molar-refractivity contribution in [2.75, 3.05) is 13.1 Å². The molecule has 2 unspecified atom stereocenters. The van der Waals surface area contributed by atoms with Gasteiger partial charge < -0.3 is 9.64 Å². The van der Waals surface area contributed by atoms with Gasteiger partial charge in [-0.05, 0) is 36.8 Å². The van der Waals surface area contributed by atoms with Crippen LogP contribution in [0.5, 0.6) is 0 Å². The average molecular weight is 317 g/mol. The molecule has 0 radical (unpaired) electrons. The Bertz CT molecular complexity index is 702. The van der Waals surface area contributed by atoms with Gasteiger partial charge in [-0.2, -0.15) is 0 Å². The second-order valence-corrected chi connectivity index (χ2v) is 5.68. The second kappa shape index (κ2) is 6.46. The molecule has 2 atom stereocenters. The smallest absolute Gasteiger partial charge is 0.257 e. The third-order valence-electron chi connectivity index (χ3n) is 3.89. The quantitative estimate of drug-likeness (QED) is 0.847. The minimum Gasteiger partial charge on any atom is -0.367 e. The number of carbonyl (C=O) groups is 1. The predicted octanol–water partition coefficient (Wildman–Crippen LogP) is 3.57. The Morgan fingerprint density at radius 2 is 1.78 bits per heavy atom. The first-order chi connectivity index (χ1) is 11.0. The van der Waals surface area contributed by atoms with E-state index in [1.54, 1.807) is 29.2 Å². The van der Waals surface area contributed by atoms with Gasteiger partial charge in [-0.1, -0.05) is 24.3 Å². The summed E-state index contributed by atoms with van der Waals surface area (Å²) in [4.78, 5) is 14.2. The van der Waals surface area contributed by atoms with Crippen molar-refractivity contribution >= 4 is 5.91 Å². The molecule has 1 fully saturated rings. The topological polar surface area (TPSA) is 29.5 Å². The van der Waals surface area contributed by atoms with Crippen molar-refractivity contribution in [2.24, 2.45) is 0 Å². The highest BCUT2D eigenvalue weighted by Crippen LogP contribution is 2.26. The molecule has 120 valence electrons. The molecule has 1 aliphatic rings. The minimum absolute atomic E-state index is 0.0551. The van der Waals surface area contributed by atoms with Crippen LogP contribution in [0.1, 0.15) is 28.9 Å². The highest BCUT2D eigenvalue weighted by Gasteiger charge is 2.30. The van der Waals surface area contributed by atoms with Crippen LogP contribution in [0.25, 0.3) is 0 Å². The zero-order valence-electron chi connectivity index (χ0n) is 12.7. The van der Waals surface area contributed by atoms with E-state index in [1.807, 2.05) is 6.92 Å². The van der Waals surface area contributed by atoms with Gasteiger partial charge in [0.1, 0.15) is 17.7 Å². The van der Waals surface area contributed by atoms with Gasteiger partial charge in [0.15, 0.2) is 0 Å². The maximum Gasteiger partial charge on any atom is 0.257 e. The Kier molecular flexibility index (Phi) is 4.39. The van der Waals surface area contributed by atoms with Crippen LogP contribution in [0.15, 0.2) is 48.5 Å². The fourth-order valence-electron chi connectivity index (χ4n) is 2.78. The molecule has 3 rings (SSSR count). The molecule has 0 aliphatic carbocycles. The Morgan fingerprint density at radius 3 is 2.48 bits per heavy atom. The maximum absolute atomic E-state index is 13.8. The normalized spacial score (nSPS) is 21.3. The van der Waals surface area contributed by atoms with Crippen molar-refractivity contribution in [2.45, 2.75) is 19.1 Å². The van der Waals surface area contributed by atoms with Gasteiger partial charge in [-0.3, -0.25) is 4.79 Å². The van der Waals surface area contributed by atoms with E-state index in [0.717, 1.165) is 5.56 Å². The number of benzene rings is 2. The molecule has 0 saturated carbocycles. The van der Waals surface area contributed by atoms with Crippen LogP contribution in [-0.4, -0.2) is 30.0 Å². The average Bonchev–Trinajstić information content (AvgIpc) is 2.55. The fraction of sp³-hybridized carbons (Fsp3) is 0.278. The van der Waals surface area contributed by atoms with Crippen LogP contribution in [0, 0.1) is 11.6 Å². The monoisotopic (exact) mass is 317 g/mol. The number of morpholine rings is 1. The van der Waals surface area contributed by atoms with E-state index in [4.69, 9.17) is 4.74 Å². The molecule has 0 aromatic heterocycles. The van der Waals surface area contributed by atoms with Crippen LogP contribution in [0.2, 0.25) is 0 Å². The number of halogens is 2. The van der Waals surface area contributed by atoms with Gasteiger partial charge in [0.05, 0.1) is 18.2 Å². The van der Waals surface area contributed by atoms with E-state index in [0.29, 0.717) is 13.1 Å². The fourth-order valence-corrected chi connectivity index (χ4v) is 2.78.